The number of H-pyrrole nitrogens is 1. The van der Waals surface area contributed by atoms with Crippen molar-refractivity contribution in [1.82, 2.24) is 4.98 Å². The van der Waals surface area contributed by atoms with Crippen molar-refractivity contribution in [2.24, 2.45) is 5.73 Å². The molecule has 0 aliphatic rings. The van der Waals surface area contributed by atoms with Crippen molar-refractivity contribution < 1.29 is 0 Å². The fourth-order valence-corrected chi connectivity index (χ4v) is 2.48. The first kappa shape index (κ1) is 11.2. The summed E-state index contributed by atoms with van der Waals surface area (Å²) < 4.78 is 0. The van der Waals surface area contributed by atoms with E-state index < -0.39 is 0 Å². The molecule has 2 nitrogen and oxygen atoms in total. The van der Waals surface area contributed by atoms with Crippen molar-refractivity contribution in [2.75, 3.05) is 6.54 Å². The highest BCUT2D eigenvalue weighted by Crippen LogP contribution is 2.30. The zero-order chi connectivity index (χ0) is 11.7. The van der Waals surface area contributed by atoms with E-state index in [9.17, 15) is 0 Å². The second-order valence-electron chi connectivity index (χ2n) is 4.49. The molecule has 1 aromatic carbocycles. The van der Waals surface area contributed by atoms with E-state index in [2.05, 4.69) is 44.0 Å². The number of hydrogen-bond donors (Lipinski definition) is 2. The van der Waals surface area contributed by atoms with Crippen molar-refractivity contribution in [1.29, 1.82) is 0 Å². The van der Waals surface area contributed by atoms with Crippen molar-refractivity contribution in [3.05, 3.63) is 35.0 Å². The van der Waals surface area contributed by atoms with Gasteiger partial charge in [0.25, 0.3) is 0 Å². The molecule has 0 saturated heterocycles. The number of aryl methyl sites for hydroxylation is 2. The first-order chi connectivity index (χ1) is 7.69. The number of aromatic nitrogens is 1. The molecule has 0 spiro atoms. The van der Waals surface area contributed by atoms with Crippen molar-refractivity contribution >= 4 is 10.9 Å². The lowest BCUT2D eigenvalue weighted by atomic mass is 9.97. The number of aromatic amines is 1. The van der Waals surface area contributed by atoms with Crippen LogP contribution in [0.1, 0.15) is 36.6 Å². The molecule has 1 unspecified atom stereocenters. The average molecular weight is 216 g/mol. The molecular weight excluding hydrogens is 196 g/mol. The van der Waals surface area contributed by atoms with E-state index in [-0.39, 0.29) is 0 Å². The Balaban J connectivity index is 2.71. The van der Waals surface area contributed by atoms with Crippen LogP contribution in [0.2, 0.25) is 0 Å². The summed E-state index contributed by atoms with van der Waals surface area (Å²) in [5, 5.41) is 1.34. The lowest BCUT2D eigenvalue weighted by Gasteiger charge is -2.09. The number of fused-ring (bicyclic) bond motifs is 1. The molecule has 0 aliphatic heterocycles. The Morgan fingerprint density at radius 2 is 2.12 bits per heavy atom. The van der Waals surface area contributed by atoms with Gasteiger partial charge in [0.15, 0.2) is 0 Å². The first-order valence-electron chi connectivity index (χ1n) is 5.99. The van der Waals surface area contributed by atoms with E-state index in [4.69, 9.17) is 5.73 Å². The van der Waals surface area contributed by atoms with Gasteiger partial charge in [0.05, 0.1) is 0 Å². The van der Waals surface area contributed by atoms with Gasteiger partial charge in [0.2, 0.25) is 0 Å². The van der Waals surface area contributed by atoms with Gasteiger partial charge >= 0.3 is 0 Å². The minimum atomic E-state index is 0.417. The molecular formula is C14H20N2. The normalized spacial score (nSPS) is 13.2. The largest absolute Gasteiger partial charge is 0.358 e. The van der Waals surface area contributed by atoms with E-state index >= 15 is 0 Å². The smallest absolute Gasteiger partial charge is 0.0491 e. The Hall–Kier alpha value is -1.28. The van der Waals surface area contributed by atoms with Crippen LogP contribution in [0.4, 0.5) is 0 Å². The van der Waals surface area contributed by atoms with Crippen molar-refractivity contribution in [3.8, 4) is 0 Å². The SMILES string of the molecule is CCc1cccc2c(C(C)CN)c(C)[nH]c12. The zero-order valence-electron chi connectivity index (χ0n) is 10.3. The summed E-state index contributed by atoms with van der Waals surface area (Å²) >= 11 is 0. The van der Waals surface area contributed by atoms with Gasteiger partial charge in [-0.25, -0.2) is 0 Å². The quantitative estimate of drug-likeness (QED) is 0.813. The zero-order valence-corrected chi connectivity index (χ0v) is 10.3. The third kappa shape index (κ3) is 1.63. The number of nitrogens with one attached hydrogen (secondary N) is 1. The lowest BCUT2D eigenvalue weighted by Crippen LogP contribution is -2.09. The summed E-state index contributed by atoms with van der Waals surface area (Å²) in [6, 6.07) is 6.52. The van der Waals surface area contributed by atoms with Crippen LogP contribution in [0.3, 0.4) is 0 Å². The summed E-state index contributed by atoms with van der Waals surface area (Å²) in [5.41, 5.74) is 11.1. The maximum atomic E-state index is 5.78. The average Bonchev–Trinajstić information content (AvgIpc) is 2.63. The molecule has 0 radical (unpaired) electrons. The van der Waals surface area contributed by atoms with Gasteiger partial charge in [-0.2, -0.15) is 0 Å². The molecule has 16 heavy (non-hydrogen) atoms. The van der Waals surface area contributed by atoms with Gasteiger partial charge in [0, 0.05) is 16.6 Å². The van der Waals surface area contributed by atoms with Crippen LogP contribution in [-0.4, -0.2) is 11.5 Å². The molecule has 0 amide bonds. The molecule has 1 aromatic heterocycles. The standard InChI is InChI=1S/C14H20N2/c1-4-11-6-5-7-12-13(9(2)8-15)10(3)16-14(11)12/h5-7,9,16H,4,8,15H2,1-3H3. The molecule has 3 N–H and O–H groups in total. The van der Waals surface area contributed by atoms with Crippen LogP contribution >= 0.6 is 0 Å². The fraction of sp³-hybridized carbons (Fsp3) is 0.429. The minimum absolute atomic E-state index is 0.417. The van der Waals surface area contributed by atoms with Gasteiger partial charge in [-0.05, 0) is 36.9 Å². The number of benzene rings is 1. The highest BCUT2D eigenvalue weighted by molar-refractivity contribution is 5.87. The molecule has 0 saturated carbocycles. The summed E-state index contributed by atoms with van der Waals surface area (Å²) in [7, 11) is 0. The topological polar surface area (TPSA) is 41.8 Å². The first-order valence-corrected chi connectivity index (χ1v) is 5.99. The third-order valence-electron chi connectivity index (χ3n) is 3.38. The van der Waals surface area contributed by atoms with Crippen LogP contribution in [0, 0.1) is 6.92 Å². The lowest BCUT2D eigenvalue weighted by molar-refractivity contribution is 0.773. The minimum Gasteiger partial charge on any atom is -0.358 e. The van der Waals surface area contributed by atoms with E-state index in [1.54, 1.807) is 0 Å². The molecule has 2 rings (SSSR count). The van der Waals surface area contributed by atoms with Gasteiger partial charge in [0.1, 0.15) is 0 Å². The number of para-hydroxylation sites is 1. The van der Waals surface area contributed by atoms with Crippen LogP contribution < -0.4 is 5.73 Å². The number of nitrogens with two attached hydrogens (primary N) is 1. The highest BCUT2D eigenvalue weighted by Gasteiger charge is 2.14. The monoisotopic (exact) mass is 216 g/mol. The van der Waals surface area contributed by atoms with Gasteiger partial charge in [-0.3, -0.25) is 0 Å². The second-order valence-corrected chi connectivity index (χ2v) is 4.49. The molecule has 2 heteroatoms. The molecule has 0 fully saturated rings. The van der Waals surface area contributed by atoms with E-state index in [1.807, 2.05) is 0 Å². The Bertz CT molecular complexity index is 497. The summed E-state index contributed by atoms with van der Waals surface area (Å²) in [6.07, 6.45) is 1.06. The molecule has 2 aromatic rings. The van der Waals surface area contributed by atoms with Crippen LogP contribution in [0.25, 0.3) is 10.9 Å². The Kier molecular flexibility index (Phi) is 3.01. The number of rotatable bonds is 3. The van der Waals surface area contributed by atoms with Crippen LogP contribution in [0.5, 0.6) is 0 Å². The van der Waals surface area contributed by atoms with E-state index in [1.165, 1.54) is 27.7 Å². The fourth-order valence-electron chi connectivity index (χ4n) is 2.48. The Labute approximate surface area is 96.9 Å². The summed E-state index contributed by atoms with van der Waals surface area (Å²) in [4.78, 5) is 3.51. The maximum absolute atomic E-state index is 5.78. The third-order valence-corrected chi connectivity index (χ3v) is 3.38. The van der Waals surface area contributed by atoms with Gasteiger partial charge in [-0.15, -0.1) is 0 Å². The van der Waals surface area contributed by atoms with Crippen molar-refractivity contribution in [2.45, 2.75) is 33.1 Å². The highest BCUT2D eigenvalue weighted by atomic mass is 14.7. The number of hydrogen-bond acceptors (Lipinski definition) is 1. The molecule has 0 bridgehead atoms. The van der Waals surface area contributed by atoms with E-state index in [0.717, 1.165) is 6.42 Å². The summed E-state index contributed by atoms with van der Waals surface area (Å²) in [6.45, 7) is 7.22. The second kappa shape index (κ2) is 4.30. The maximum Gasteiger partial charge on any atom is 0.0491 e. The molecule has 1 atom stereocenters. The van der Waals surface area contributed by atoms with Crippen molar-refractivity contribution in [3.63, 3.8) is 0 Å². The van der Waals surface area contributed by atoms with Gasteiger partial charge in [-0.1, -0.05) is 32.0 Å². The van der Waals surface area contributed by atoms with E-state index in [0.29, 0.717) is 12.5 Å². The Morgan fingerprint density at radius 3 is 2.75 bits per heavy atom. The predicted molar refractivity (Wildman–Crippen MR) is 69.9 cm³/mol. The van der Waals surface area contributed by atoms with Crippen LogP contribution in [-0.2, 0) is 6.42 Å². The van der Waals surface area contributed by atoms with Crippen LogP contribution in [0.15, 0.2) is 18.2 Å². The molecule has 0 aliphatic carbocycles. The summed E-state index contributed by atoms with van der Waals surface area (Å²) in [5.74, 6) is 0.417. The molecule has 86 valence electrons. The predicted octanol–water partition coefficient (Wildman–Crippen LogP) is 3.10. The van der Waals surface area contributed by atoms with Gasteiger partial charge < -0.3 is 10.7 Å². The Morgan fingerprint density at radius 1 is 1.38 bits per heavy atom. The molecule has 1 heterocycles.